The largest absolute Gasteiger partial charge is 0.494 e. The third-order valence-electron chi connectivity index (χ3n) is 8.96. The van der Waals surface area contributed by atoms with E-state index in [2.05, 4.69) is 100 Å². The van der Waals surface area contributed by atoms with Crippen LogP contribution in [0.1, 0.15) is 27.7 Å². The Labute approximate surface area is 238 Å². The zero-order valence-electron chi connectivity index (χ0n) is 23.5. The lowest BCUT2D eigenvalue weighted by atomic mass is 9.78. The monoisotopic (exact) mass is 536 g/mol. The summed E-state index contributed by atoms with van der Waals surface area (Å²) in [6, 6.07) is 35.7. The molecule has 8 rings (SSSR count). The standard InChI is InChI=1S/C36H29BO4/c1-35(2)36(3,4)41-37(40-35)24-16-13-22(14-17-24)25-19-20-26(34-33(25)29-10-6-8-12-31(29)39-34)23-15-18-28-27-9-5-7-11-30(27)38-32(28)21-23/h5-21H,1-4H3. The van der Waals surface area contributed by atoms with Gasteiger partial charge in [0.15, 0.2) is 0 Å². The molecular formula is C36H29BO4. The summed E-state index contributed by atoms with van der Waals surface area (Å²) in [5.74, 6) is 0. The van der Waals surface area contributed by atoms with E-state index in [1.807, 2.05) is 30.3 Å². The highest BCUT2D eigenvalue weighted by molar-refractivity contribution is 6.62. The Morgan fingerprint density at radius 2 is 1.10 bits per heavy atom. The Morgan fingerprint density at radius 1 is 0.512 bits per heavy atom. The van der Waals surface area contributed by atoms with Crippen molar-refractivity contribution in [3.63, 3.8) is 0 Å². The molecule has 4 nitrogen and oxygen atoms in total. The van der Waals surface area contributed by atoms with E-state index in [1.165, 1.54) is 0 Å². The molecule has 5 aromatic carbocycles. The third-order valence-corrected chi connectivity index (χ3v) is 8.96. The molecule has 5 heteroatoms. The molecule has 1 fully saturated rings. The van der Waals surface area contributed by atoms with E-state index in [1.54, 1.807) is 0 Å². The molecule has 1 saturated heterocycles. The highest BCUT2D eigenvalue weighted by atomic mass is 16.7. The number of para-hydroxylation sites is 2. The van der Waals surface area contributed by atoms with Crippen LogP contribution in [0.15, 0.2) is 112 Å². The molecule has 0 unspecified atom stereocenters. The van der Waals surface area contributed by atoms with E-state index in [0.717, 1.165) is 71.6 Å². The van der Waals surface area contributed by atoms with Crippen LogP contribution in [-0.2, 0) is 9.31 Å². The van der Waals surface area contributed by atoms with Gasteiger partial charge in [-0.15, -0.1) is 0 Å². The topological polar surface area (TPSA) is 44.7 Å². The van der Waals surface area contributed by atoms with Crippen LogP contribution in [0.4, 0.5) is 0 Å². The summed E-state index contributed by atoms with van der Waals surface area (Å²) >= 11 is 0. The molecule has 7 aromatic rings. The molecule has 0 radical (unpaired) electrons. The van der Waals surface area contributed by atoms with Crippen molar-refractivity contribution in [2.75, 3.05) is 0 Å². The van der Waals surface area contributed by atoms with E-state index in [4.69, 9.17) is 18.1 Å². The van der Waals surface area contributed by atoms with Gasteiger partial charge in [0.05, 0.1) is 11.2 Å². The minimum absolute atomic E-state index is 0.376. The van der Waals surface area contributed by atoms with Crippen molar-refractivity contribution in [1.82, 2.24) is 0 Å². The Kier molecular flexibility index (Phi) is 5.13. The summed E-state index contributed by atoms with van der Waals surface area (Å²) in [5, 5.41) is 4.44. The zero-order chi connectivity index (χ0) is 27.9. The molecule has 0 aliphatic carbocycles. The molecule has 0 saturated carbocycles. The maximum atomic E-state index is 6.55. The van der Waals surface area contributed by atoms with Gasteiger partial charge in [0, 0.05) is 27.1 Å². The molecule has 0 atom stereocenters. The van der Waals surface area contributed by atoms with Crippen LogP contribution in [0.3, 0.4) is 0 Å². The quantitative estimate of drug-likeness (QED) is 0.211. The van der Waals surface area contributed by atoms with Gasteiger partial charge >= 0.3 is 7.12 Å². The van der Waals surface area contributed by atoms with Gasteiger partial charge in [-0.1, -0.05) is 72.8 Å². The number of fused-ring (bicyclic) bond motifs is 6. The number of hydrogen-bond donors (Lipinski definition) is 0. The predicted molar refractivity (Wildman–Crippen MR) is 168 cm³/mol. The highest BCUT2D eigenvalue weighted by Crippen LogP contribution is 2.43. The van der Waals surface area contributed by atoms with Gasteiger partial charge in [0.1, 0.15) is 22.3 Å². The molecule has 1 aliphatic heterocycles. The number of furan rings is 2. The Bertz CT molecular complexity index is 2100. The number of hydrogen-bond acceptors (Lipinski definition) is 4. The molecule has 0 amide bonds. The van der Waals surface area contributed by atoms with Crippen LogP contribution in [0.25, 0.3) is 66.1 Å². The van der Waals surface area contributed by atoms with E-state index < -0.39 is 0 Å². The minimum atomic E-state index is -0.389. The Morgan fingerprint density at radius 3 is 1.83 bits per heavy atom. The molecule has 0 N–H and O–H groups in total. The van der Waals surface area contributed by atoms with Crippen LogP contribution < -0.4 is 5.46 Å². The first-order chi connectivity index (χ1) is 19.8. The van der Waals surface area contributed by atoms with Crippen molar-refractivity contribution < 1.29 is 18.1 Å². The maximum absolute atomic E-state index is 6.55. The number of benzene rings is 5. The fraction of sp³-hybridized carbons (Fsp3) is 0.167. The van der Waals surface area contributed by atoms with Crippen LogP contribution in [-0.4, -0.2) is 18.3 Å². The number of rotatable bonds is 3. The molecule has 41 heavy (non-hydrogen) atoms. The molecule has 0 spiro atoms. The van der Waals surface area contributed by atoms with Gasteiger partial charge in [-0.3, -0.25) is 0 Å². The fourth-order valence-electron chi connectivity index (χ4n) is 5.99. The summed E-state index contributed by atoms with van der Waals surface area (Å²) in [7, 11) is -0.389. The summed E-state index contributed by atoms with van der Waals surface area (Å²) in [6.45, 7) is 8.32. The maximum Gasteiger partial charge on any atom is 0.494 e. The first kappa shape index (κ1) is 24.5. The van der Waals surface area contributed by atoms with Gasteiger partial charge < -0.3 is 18.1 Å². The van der Waals surface area contributed by atoms with Gasteiger partial charge in [-0.2, -0.15) is 0 Å². The van der Waals surface area contributed by atoms with Crippen LogP contribution >= 0.6 is 0 Å². The second kappa shape index (κ2) is 8.59. The van der Waals surface area contributed by atoms with Crippen LogP contribution in [0.5, 0.6) is 0 Å². The third kappa shape index (κ3) is 3.69. The van der Waals surface area contributed by atoms with Crippen LogP contribution in [0, 0.1) is 0 Å². The summed E-state index contributed by atoms with van der Waals surface area (Å²) < 4.78 is 25.3. The lowest BCUT2D eigenvalue weighted by molar-refractivity contribution is 0.00578. The molecule has 1 aliphatic rings. The Balaban J connectivity index is 1.26. The van der Waals surface area contributed by atoms with E-state index in [0.29, 0.717) is 0 Å². The second-order valence-corrected chi connectivity index (χ2v) is 12.0. The zero-order valence-corrected chi connectivity index (χ0v) is 23.5. The van der Waals surface area contributed by atoms with Gasteiger partial charge in [0.25, 0.3) is 0 Å². The van der Waals surface area contributed by atoms with Crippen LogP contribution in [0.2, 0.25) is 0 Å². The lowest BCUT2D eigenvalue weighted by Crippen LogP contribution is -2.41. The molecule has 3 heterocycles. The van der Waals surface area contributed by atoms with Crippen molar-refractivity contribution in [2.45, 2.75) is 38.9 Å². The minimum Gasteiger partial charge on any atom is -0.456 e. The summed E-state index contributed by atoms with van der Waals surface area (Å²) in [4.78, 5) is 0. The molecule has 200 valence electrons. The first-order valence-corrected chi connectivity index (χ1v) is 14.1. The average molecular weight is 536 g/mol. The van der Waals surface area contributed by atoms with Crippen molar-refractivity contribution in [1.29, 1.82) is 0 Å². The van der Waals surface area contributed by atoms with Crippen molar-refractivity contribution >= 4 is 56.5 Å². The fourth-order valence-corrected chi connectivity index (χ4v) is 5.99. The lowest BCUT2D eigenvalue weighted by Gasteiger charge is -2.32. The van der Waals surface area contributed by atoms with E-state index in [-0.39, 0.29) is 18.3 Å². The van der Waals surface area contributed by atoms with Crippen molar-refractivity contribution in [3.05, 3.63) is 103 Å². The Hall–Kier alpha value is -4.32. The second-order valence-electron chi connectivity index (χ2n) is 12.0. The van der Waals surface area contributed by atoms with Gasteiger partial charge in [-0.25, -0.2) is 0 Å². The summed E-state index contributed by atoms with van der Waals surface area (Å²) in [5.41, 5.74) is 8.10. The SMILES string of the molecule is CC1(C)OB(c2ccc(-c3ccc(-c4ccc5c(c4)oc4ccccc45)c4oc5ccccc5c34)cc2)OC1(C)C. The van der Waals surface area contributed by atoms with Crippen molar-refractivity contribution in [2.24, 2.45) is 0 Å². The first-order valence-electron chi connectivity index (χ1n) is 14.1. The van der Waals surface area contributed by atoms with Gasteiger partial charge in [-0.05, 0) is 80.2 Å². The van der Waals surface area contributed by atoms with Gasteiger partial charge in [0.2, 0.25) is 0 Å². The van der Waals surface area contributed by atoms with E-state index in [9.17, 15) is 0 Å². The smallest absolute Gasteiger partial charge is 0.456 e. The molecule has 2 aromatic heterocycles. The van der Waals surface area contributed by atoms with E-state index >= 15 is 0 Å². The normalized spacial score (nSPS) is 16.4. The summed E-state index contributed by atoms with van der Waals surface area (Å²) in [6.07, 6.45) is 0. The average Bonchev–Trinajstić information content (AvgIpc) is 3.61. The van der Waals surface area contributed by atoms with Crippen molar-refractivity contribution in [3.8, 4) is 22.3 Å². The highest BCUT2D eigenvalue weighted by Gasteiger charge is 2.51. The molecule has 0 bridgehead atoms. The molecular weight excluding hydrogens is 507 g/mol. The predicted octanol–water partition coefficient (Wildman–Crippen LogP) is 9.12.